The third-order valence-corrected chi connectivity index (χ3v) is 3.45. The van der Waals surface area contributed by atoms with Crippen molar-refractivity contribution in [3.8, 4) is 0 Å². The second kappa shape index (κ2) is 4.43. The lowest BCUT2D eigenvalue weighted by Gasteiger charge is -2.23. The zero-order valence-electron chi connectivity index (χ0n) is 9.11. The number of hydrogen-bond acceptors (Lipinski definition) is 4. The molecule has 0 radical (unpaired) electrons. The number of halogens is 1. The molecule has 16 heavy (non-hydrogen) atoms. The number of anilines is 1. The predicted molar refractivity (Wildman–Crippen MR) is 63.8 cm³/mol. The molecule has 0 saturated carbocycles. The van der Waals surface area contributed by atoms with Gasteiger partial charge in [0.2, 0.25) is 0 Å². The Morgan fingerprint density at radius 3 is 3.12 bits per heavy atom. The van der Waals surface area contributed by atoms with Crippen molar-refractivity contribution in [3.63, 3.8) is 0 Å². The minimum Gasteiger partial charge on any atom is -0.366 e. The van der Waals surface area contributed by atoms with Crippen molar-refractivity contribution in [1.82, 2.24) is 10.2 Å². The SMILES string of the molecule is CC1CC(CN)CN1c1cn[nH]c(=O)c1Cl. The van der Waals surface area contributed by atoms with E-state index in [2.05, 4.69) is 22.0 Å². The molecular weight excluding hydrogens is 228 g/mol. The second-order valence-electron chi connectivity index (χ2n) is 4.24. The van der Waals surface area contributed by atoms with Gasteiger partial charge >= 0.3 is 0 Å². The lowest BCUT2D eigenvalue weighted by Crippen LogP contribution is -2.29. The third-order valence-electron chi connectivity index (χ3n) is 3.08. The Labute approximate surface area is 98.6 Å². The molecule has 3 N–H and O–H groups in total. The van der Waals surface area contributed by atoms with E-state index in [1.54, 1.807) is 6.20 Å². The summed E-state index contributed by atoms with van der Waals surface area (Å²) in [7, 11) is 0. The maximum Gasteiger partial charge on any atom is 0.285 e. The van der Waals surface area contributed by atoms with Crippen LogP contribution in [-0.4, -0.2) is 29.3 Å². The highest BCUT2D eigenvalue weighted by Gasteiger charge is 2.30. The van der Waals surface area contributed by atoms with Crippen LogP contribution in [0.5, 0.6) is 0 Å². The second-order valence-corrected chi connectivity index (χ2v) is 4.62. The largest absolute Gasteiger partial charge is 0.366 e. The fourth-order valence-corrected chi connectivity index (χ4v) is 2.42. The minimum absolute atomic E-state index is 0.208. The van der Waals surface area contributed by atoms with Gasteiger partial charge in [-0.3, -0.25) is 4.79 Å². The number of aromatic nitrogens is 2. The average Bonchev–Trinajstić information content (AvgIpc) is 2.64. The van der Waals surface area contributed by atoms with Crippen LogP contribution in [0.4, 0.5) is 5.69 Å². The quantitative estimate of drug-likeness (QED) is 0.796. The van der Waals surface area contributed by atoms with Crippen molar-refractivity contribution in [2.75, 3.05) is 18.0 Å². The molecule has 0 bridgehead atoms. The van der Waals surface area contributed by atoms with E-state index < -0.39 is 0 Å². The van der Waals surface area contributed by atoms with E-state index in [0.717, 1.165) is 13.0 Å². The number of aromatic amines is 1. The highest BCUT2D eigenvalue weighted by molar-refractivity contribution is 6.33. The Morgan fingerprint density at radius 2 is 2.50 bits per heavy atom. The van der Waals surface area contributed by atoms with Gasteiger partial charge in [0.05, 0.1) is 11.9 Å². The zero-order chi connectivity index (χ0) is 11.7. The van der Waals surface area contributed by atoms with Gasteiger partial charge < -0.3 is 10.6 Å². The van der Waals surface area contributed by atoms with Crippen LogP contribution in [0.3, 0.4) is 0 Å². The van der Waals surface area contributed by atoms with Crippen molar-refractivity contribution >= 4 is 17.3 Å². The summed E-state index contributed by atoms with van der Waals surface area (Å²) < 4.78 is 0. The minimum atomic E-state index is -0.345. The predicted octanol–water partition coefficient (Wildman–Crippen LogP) is 0.597. The van der Waals surface area contributed by atoms with Crippen LogP contribution in [0.2, 0.25) is 5.02 Å². The monoisotopic (exact) mass is 242 g/mol. The van der Waals surface area contributed by atoms with Crippen molar-refractivity contribution in [1.29, 1.82) is 0 Å². The smallest absolute Gasteiger partial charge is 0.285 e. The molecule has 5 nitrogen and oxygen atoms in total. The molecule has 2 rings (SSSR count). The van der Waals surface area contributed by atoms with Crippen LogP contribution >= 0.6 is 11.6 Å². The van der Waals surface area contributed by atoms with Gasteiger partial charge in [0.25, 0.3) is 5.56 Å². The van der Waals surface area contributed by atoms with E-state index in [0.29, 0.717) is 24.2 Å². The maximum absolute atomic E-state index is 11.4. The van der Waals surface area contributed by atoms with Crippen LogP contribution in [0.25, 0.3) is 0 Å². The van der Waals surface area contributed by atoms with Crippen LogP contribution in [-0.2, 0) is 0 Å². The van der Waals surface area contributed by atoms with Gasteiger partial charge in [0.1, 0.15) is 5.02 Å². The van der Waals surface area contributed by atoms with Crippen molar-refractivity contribution < 1.29 is 0 Å². The molecule has 1 aliphatic rings. The molecule has 0 spiro atoms. The summed E-state index contributed by atoms with van der Waals surface area (Å²) in [4.78, 5) is 13.5. The highest BCUT2D eigenvalue weighted by Crippen LogP contribution is 2.30. The first kappa shape index (κ1) is 11.4. The first-order valence-electron chi connectivity index (χ1n) is 5.33. The van der Waals surface area contributed by atoms with Crippen LogP contribution in [0, 0.1) is 5.92 Å². The molecule has 1 aromatic heterocycles. The van der Waals surface area contributed by atoms with E-state index in [1.807, 2.05) is 0 Å². The summed E-state index contributed by atoms with van der Waals surface area (Å²) in [6, 6.07) is 0.342. The number of hydrogen-bond donors (Lipinski definition) is 2. The standard InChI is InChI=1S/C10H15ClN4O/c1-6-2-7(3-12)5-15(6)8-4-13-14-10(16)9(8)11/h4,6-7H,2-3,5,12H2,1H3,(H,14,16). The average molecular weight is 243 g/mol. The van der Waals surface area contributed by atoms with E-state index in [1.165, 1.54) is 0 Å². The summed E-state index contributed by atoms with van der Waals surface area (Å²) in [5.74, 6) is 0.463. The van der Waals surface area contributed by atoms with E-state index in [-0.39, 0.29) is 10.6 Å². The molecular formula is C10H15ClN4O. The molecule has 1 aliphatic heterocycles. The lowest BCUT2D eigenvalue weighted by atomic mass is 10.1. The molecule has 1 fully saturated rings. The number of nitrogens with one attached hydrogen (secondary N) is 1. The summed E-state index contributed by atoms with van der Waals surface area (Å²) in [5, 5.41) is 6.30. The molecule has 88 valence electrons. The Bertz CT molecular complexity index is 433. The van der Waals surface area contributed by atoms with Crippen molar-refractivity contribution in [2.24, 2.45) is 11.7 Å². The van der Waals surface area contributed by atoms with E-state index in [9.17, 15) is 4.79 Å². The van der Waals surface area contributed by atoms with Gasteiger partial charge in [-0.05, 0) is 25.8 Å². The van der Waals surface area contributed by atoms with Gasteiger partial charge in [0.15, 0.2) is 0 Å². The Balaban J connectivity index is 2.31. The molecule has 0 aromatic carbocycles. The van der Waals surface area contributed by atoms with E-state index in [4.69, 9.17) is 17.3 Å². The molecule has 2 atom stereocenters. The number of H-pyrrole nitrogens is 1. The summed E-state index contributed by atoms with van der Waals surface area (Å²) in [6.07, 6.45) is 2.62. The van der Waals surface area contributed by atoms with Crippen molar-refractivity contribution in [3.05, 3.63) is 21.6 Å². The molecule has 0 aliphatic carbocycles. The van der Waals surface area contributed by atoms with Gasteiger partial charge in [-0.15, -0.1) is 0 Å². The Hall–Kier alpha value is -1.07. The molecule has 0 amide bonds. The van der Waals surface area contributed by atoms with Crippen molar-refractivity contribution in [2.45, 2.75) is 19.4 Å². The molecule has 1 saturated heterocycles. The molecule has 1 aromatic rings. The normalized spacial score (nSPS) is 25.1. The first-order chi connectivity index (χ1) is 7.63. The first-order valence-corrected chi connectivity index (χ1v) is 5.71. The van der Waals surface area contributed by atoms with Crippen LogP contribution in [0.1, 0.15) is 13.3 Å². The van der Waals surface area contributed by atoms with Gasteiger partial charge in [-0.1, -0.05) is 11.6 Å². The fourth-order valence-electron chi connectivity index (χ4n) is 2.22. The summed E-state index contributed by atoms with van der Waals surface area (Å²) in [6.45, 7) is 3.60. The summed E-state index contributed by atoms with van der Waals surface area (Å²) >= 11 is 5.97. The third kappa shape index (κ3) is 1.92. The van der Waals surface area contributed by atoms with Gasteiger partial charge in [-0.25, -0.2) is 5.10 Å². The van der Waals surface area contributed by atoms with E-state index >= 15 is 0 Å². The fraction of sp³-hybridized carbons (Fsp3) is 0.600. The van der Waals surface area contributed by atoms with Gasteiger partial charge in [0, 0.05) is 12.6 Å². The zero-order valence-corrected chi connectivity index (χ0v) is 9.87. The lowest BCUT2D eigenvalue weighted by molar-refractivity contribution is 0.579. The molecule has 2 unspecified atom stereocenters. The number of rotatable bonds is 2. The topological polar surface area (TPSA) is 75.0 Å². The van der Waals surface area contributed by atoms with Gasteiger partial charge in [-0.2, -0.15) is 5.10 Å². The molecule has 2 heterocycles. The summed E-state index contributed by atoms with van der Waals surface area (Å²) in [5.41, 5.74) is 6.02. The number of nitrogens with zero attached hydrogens (tertiary/aromatic N) is 2. The number of nitrogens with two attached hydrogens (primary N) is 1. The van der Waals surface area contributed by atoms with Crippen LogP contribution in [0.15, 0.2) is 11.0 Å². The highest BCUT2D eigenvalue weighted by atomic mass is 35.5. The Kier molecular flexibility index (Phi) is 3.16. The maximum atomic E-state index is 11.4. The Morgan fingerprint density at radius 1 is 1.75 bits per heavy atom. The molecule has 6 heteroatoms. The van der Waals surface area contributed by atoms with Crippen LogP contribution < -0.4 is 16.2 Å².